The molecule has 0 radical (unpaired) electrons. The monoisotopic (exact) mass is 488 g/mol. The first kappa shape index (κ1) is 31.2. The summed E-state index contributed by atoms with van der Waals surface area (Å²) in [6, 6.07) is -4.83. The smallest absolute Gasteiger partial charge is 0.326 e. The van der Waals surface area contributed by atoms with Gasteiger partial charge in [-0.2, -0.15) is 0 Å². The van der Waals surface area contributed by atoms with Crippen molar-refractivity contribution < 1.29 is 34.2 Å². The van der Waals surface area contributed by atoms with Gasteiger partial charge in [-0.25, -0.2) is 4.79 Å². The molecule has 5 unspecified atom stereocenters. The van der Waals surface area contributed by atoms with Crippen LogP contribution in [0.3, 0.4) is 0 Å². The zero-order chi connectivity index (χ0) is 26.4. The molecule has 0 bridgehead atoms. The van der Waals surface area contributed by atoms with E-state index in [9.17, 15) is 34.2 Å². The lowest BCUT2D eigenvalue weighted by molar-refractivity contribution is -0.143. The number of primary amides is 1. The Labute approximate surface area is 199 Å². The first-order valence-electron chi connectivity index (χ1n) is 11.4. The van der Waals surface area contributed by atoms with Crippen molar-refractivity contribution in [2.45, 2.75) is 89.6 Å². The summed E-state index contributed by atoms with van der Waals surface area (Å²) in [4.78, 5) is 60.8. The number of aliphatic carboxylic acids is 1. The third-order valence-electron chi connectivity index (χ3n) is 5.04. The molecule has 0 rings (SSSR count). The standard InChI is InChI=1S/C21H40N6O7/c1-11(2)10-15(21(33)34)27-19(31)14(7-8-16(23)29)25-18(30)13(6-4-5-9-22)26-20(32)17(24)12(3)28/h11-15,17,28H,4-10,22,24H2,1-3H3,(H2,23,29)(H,25,30)(H,26,32)(H,27,31)(H,33,34). The zero-order valence-electron chi connectivity index (χ0n) is 20.1. The van der Waals surface area contributed by atoms with Crippen LogP contribution in [0.5, 0.6) is 0 Å². The first-order valence-corrected chi connectivity index (χ1v) is 11.4. The Balaban J connectivity index is 5.58. The molecule has 0 aromatic carbocycles. The highest BCUT2D eigenvalue weighted by Crippen LogP contribution is 2.08. The lowest BCUT2D eigenvalue weighted by Gasteiger charge is -2.26. The largest absolute Gasteiger partial charge is 0.480 e. The number of hydrogen-bond donors (Lipinski definition) is 8. The van der Waals surface area contributed by atoms with Gasteiger partial charge in [0.2, 0.25) is 23.6 Å². The van der Waals surface area contributed by atoms with Crippen molar-refractivity contribution in [2.24, 2.45) is 23.1 Å². The molecule has 0 saturated carbocycles. The molecule has 0 heterocycles. The van der Waals surface area contributed by atoms with Crippen molar-refractivity contribution in [3.8, 4) is 0 Å². The molecule has 11 N–H and O–H groups in total. The Hall–Kier alpha value is -2.77. The van der Waals surface area contributed by atoms with Crippen LogP contribution in [0.25, 0.3) is 0 Å². The van der Waals surface area contributed by atoms with Crippen LogP contribution < -0.4 is 33.2 Å². The lowest BCUT2D eigenvalue weighted by Crippen LogP contribution is -2.58. The average molecular weight is 489 g/mol. The molecule has 0 fully saturated rings. The van der Waals surface area contributed by atoms with Crippen molar-refractivity contribution >= 4 is 29.6 Å². The number of aliphatic hydroxyl groups is 1. The highest BCUT2D eigenvalue weighted by Gasteiger charge is 2.31. The fraction of sp³-hybridized carbons (Fsp3) is 0.762. The summed E-state index contributed by atoms with van der Waals surface area (Å²) in [6.07, 6.45) is -0.177. The van der Waals surface area contributed by atoms with Gasteiger partial charge in [-0.1, -0.05) is 13.8 Å². The second-order valence-electron chi connectivity index (χ2n) is 8.71. The fourth-order valence-electron chi connectivity index (χ4n) is 3.04. The van der Waals surface area contributed by atoms with E-state index in [-0.39, 0.29) is 31.6 Å². The van der Waals surface area contributed by atoms with E-state index in [1.165, 1.54) is 6.92 Å². The first-order chi connectivity index (χ1) is 15.8. The van der Waals surface area contributed by atoms with Crippen LogP contribution >= 0.6 is 0 Å². The van der Waals surface area contributed by atoms with Gasteiger partial charge >= 0.3 is 5.97 Å². The zero-order valence-corrected chi connectivity index (χ0v) is 20.1. The van der Waals surface area contributed by atoms with Gasteiger partial charge in [0.1, 0.15) is 24.2 Å². The Morgan fingerprint density at radius 2 is 1.32 bits per heavy atom. The number of aliphatic hydroxyl groups excluding tert-OH is 1. The number of carboxylic acid groups (broad SMARTS) is 1. The van der Waals surface area contributed by atoms with Crippen molar-refractivity contribution in [1.82, 2.24) is 16.0 Å². The Morgan fingerprint density at radius 3 is 1.76 bits per heavy atom. The third kappa shape index (κ3) is 12.5. The van der Waals surface area contributed by atoms with E-state index < -0.39 is 59.9 Å². The summed E-state index contributed by atoms with van der Waals surface area (Å²) in [5, 5.41) is 26.2. The van der Waals surface area contributed by atoms with Crippen molar-refractivity contribution in [3.05, 3.63) is 0 Å². The SMILES string of the molecule is CC(C)CC(NC(=O)C(CCC(N)=O)NC(=O)C(CCCCN)NC(=O)C(N)C(C)O)C(=O)O. The molecule has 13 nitrogen and oxygen atoms in total. The van der Waals surface area contributed by atoms with Crippen molar-refractivity contribution in [1.29, 1.82) is 0 Å². The summed E-state index contributed by atoms with van der Waals surface area (Å²) >= 11 is 0. The average Bonchev–Trinajstić information content (AvgIpc) is 2.73. The molecular formula is C21H40N6O7. The summed E-state index contributed by atoms with van der Waals surface area (Å²) < 4.78 is 0. The summed E-state index contributed by atoms with van der Waals surface area (Å²) in [6.45, 7) is 5.28. The number of carbonyl (C=O) groups excluding carboxylic acids is 4. The molecule has 0 aromatic heterocycles. The molecular weight excluding hydrogens is 448 g/mol. The molecule has 0 aromatic rings. The van der Waals surface area contributed by atoms with Gasteiger partial charge in [-0.05, 0) is 51.5 Å². The lowest BCUT2D eigenvalue weighted by atomic mass is 10.0. The van der Waals surface area contributed by atoms with Crippen LogP contribution in [-0.4, -0.2) is 76.6 Å². The number of carboxylic acids is 1. The minimum Gasteiger partial charge on any atom is -0.480 e. The van der Waals surface area contributed by atoms with E-state index in [0.29, 0.717) is 19.4 Å². The van der Waals surface area contributed by atoms with E-state index in [0.717, 1.165) is 0 Å². The Bertz CT molecular complexity index is 701. The second-order valence-corrected chi connectivity index (χ2v) is 8.71. The number of carbonyl (C=O) groups is 5. The number of unbranched alkanes of at least 4 members (excludes halogenated alkanes) is 1. The summed E-state index contributed by atoms with van der Waals surface area (Å²) in [5.41, 5.74) is 16.3. The van der Waals surface area contributed by atoms with Gasteiger partial charge in [-0.15, -0.1) is 0 Å². The molecule has 0 aliphatic rings. The maximum absolute atomic E-state index is 12.9. The molecule has 0 aliphatic carbocycles. The number of hydrogen-bond acceptors (Lipinski definition) is 8. The molecule has 0 saturated heterocycles. The molecule has 0 spiro atoms. The van der Waals surface area contributed by atoms with E-state index in [1.807, 2.05) is 0 Å². The third-order valence-corrected chi connectivity index (χ3v) is 5.04. The van der Waals surface area contributed by atoms with Crippen LogP contribution in [0.2, 0.25) is 0 Å². The Morgan fingerprint density at radius 1 is 0.824 bits per heavy atom. The van der Waals surface area contributed by atoms with Gasteiger partial charge in [0.05, 0.1) is 6.10 Å². The van der Waals surface area contributed by atoms with Gasteiger partial charge in [-0.3, -0.25) is 19.2 Å². The highest BCUT2D eigenvalue weighted by molar-refractivity contribution is 5.94. The molecule has 4 amide bonds. The van der Waals surface area contributed by atoms with Gasteiger partial charge < -0.3 is 43.4 Å². The van der Waals surface area contributed by atoms with Crippen LogP contribution in [0, 0.1) is 5.92 Å². The molecule has 0 aliphatic heterocycles. The topological polar surface area (TPSA) is 240 Å². The number of amides is 4. The maximum Gasteiger partial charge on any atom is 0.326 e. The minimum atomic E-state index is -1.27. The van der Waals surface area contributed by atoms with E-state index in [1.54, 1.807) is 13.8 Å². The fourth-order valence-corrected chi connectivity index (χ4v) is 3.04. The predicted molar refractivity (Wildman–Crippen MR) is 124 cm³/mol. The van der Waals surface area contributed by atoms with Crippen LogP contribution in [0.4, 0.5) is 0 Å². The molecule has 196 valence electrons. The van der Waals surface area contributed by atoms with Gasteiger partial charge in [0.15, 0.2) is 0 Å². The van der Waals surface area contributed by atoms with E-state index in [4.69, 9.17) is 17.2 Å². The summed E-state index contributed by atoms with van der Waals surface area (Å²) in [5.74, 6) is -4.26. The van der Waals surface area contributed by atoms with E-state index in [2.05, 4.69) is 16.0 Å². The van der Waals surface area contributed by atoms with Crippen molar-refractivity contribution in [2.75, 3.05) is 6.54 Å². The summed E-state index contributed by atoms with van der Waals surface area (Å²) in [7, 11) is 0. The van der Waals surface area contributed by atoms with Crippen LogP contribution in [0.15, 0.2) is 0 Å². The minimum absolute atomic E-state index is 0.0275. The maximum atomic E-state index is 12.9. The van der Waals surface area contributed by atoms with Crippen LogP contribution in [0.1, 0.15) is 59.3 Å². The number of rotatable bonds is 17. The molecule has 5 atom stereocenters. The van der Waals surface area contributed by atoms with Crippen molar-refractivity contribution in [3.63, 3.8) is 0 Å². The molecule has 34 heavy (non-hydrogen) atoms. The molecule has 13 heteroatoms. The Kier molecular flexibility index (Phi) is 14.7. The van der Waals surface area contributed by atoms with Gasteiger partial charge in [0, 0.05) is 6.42 Å². The van der Waals surface area contributed by atoms with Crippen LogP contribution in [-0.2, 0) is 24.0 Å². The second kappa shape index (κ2) is 16.0. The predicted octanol–water partition coefficient (Wildman–Crippen LogP) is -2.33. The number of nitrogens with one attached hydrogen (secondary N) is 3. The number of nitrogens with two attached hydrogens (primary N) is 3. The highest BCUT2D eigenvalue weighted by atomic mass is 16.4. The van der Waals surface area contributed by atoms with Gasteiger partial charge in [0.25, 0.3) is 0 Å². The normalized spacial score (nSPS) is 15.5. The quantitative estimate of drug-likeness (QED) is 0.102. The van der Waals surface area contributed by atoms with E-state index >= 15 is 0 Å².